The molecule has 0 amide bonds. The van der Waals surface area contributed by atoms with Crippen LogP contribution in [-0.2, 0) is 33.5 Å². The number of ether oxygens (including phenoxy) is 3. The molecule has 0 bridgehead atoms. The summed E-state index contributed by atoms with van der Waals surface area (Å²) in [6, 6.07) is 17.6. The average Bonchev–Trinajstić information content (AvgIpc) is 2.82. The number of benzene rings is 3. The maximum absolute atomic E-state index is 15.1. The highest BCUT2D eigenvalue weighted by atomic mass is 35.5. The van der Waals surface area contributed by atoms with E-state index in [9.17, 15) is 0 Å². The zero-order chi connectivity index (χ0) is 22.3. The van der Waals surface area contributed by atoms with Gasteiger partial charge in [0.25, 0.3) is 0 Å². The van der Waals surface area contributed by atoms with E-state index in [2.05, 4.69) is 13.0 Å². The predicted octanol–water partition coefficient (Wildman–Crippen LogP) is 6.52. The fourth-order valence-electron chi connectivity index (χ4n) is 4.02. The Labute approximate surface area is 194 Å². The minimum absolute atomic E-state index is 0.0312. The van der Waals surface area contributed by atoms with Crippen LogP contribution in [0.5, 0.6) is 0 Å². The Bertz CT molecular complexity index is 1010. The summed E-state index contributed by atoms with van der Waals surface area (Å²) in [4.78, 5) is 0. The molecular weight excluding hydrogens is 427 g/mol. The van der Waals surface area contributed by atoms with Crippen molar-refractivity contribution in [3.63, 3.8) is 0 Å². The SMILES string of the molecule is CCCOC1COC(CCc2ccc3c(F)c(CCc4ccc(Cl)cc4)ccc3c2)OC1. The van der Waals surface area contributed by atoms with Gasteiger partial charge in [-0.2, -0.15) is 0 Å². The third kappa shape index (κ3) is 6.08. The monoisotopic (exact) mass is 456 g/mol. The Morgan fingerprint density at radius 3 is 2.44 bits per heavy atom. The van der Waals surface area contributed by atoms with E-state index >= 15 is 4.39 Å². The van der Waals surface area contributed by atoms with E-state index in [4.69, 9.17) is 25.8 Å². The van der Waals surface area contributed by atoms with Gasteiger partial charge in [0.2, 0.25) is 0 Å². The van der Waals surface area contributed by atoms with Gasteiger partial charge in [-0.3, -0.25) is 0 Å². The maximum Gasteiger partial charge on any atom is 0.158 e. The standard InChI is InChI=1S/C27H30ClFO3/c1-2-15-30-24-17-31-26(32-18-24)14-7-20-6-13-25-22(16-20)10-9-21(27(25)29)8-3-19-4-11-23(28)12-5-19/h4-6,9-13,16,24,26H,2-3,7-8,14-15,17-18H2,1H3. The second-order valence-corrected chi connectivity index (χ2v) is 8.78. The van der Waals surface area contributed by atoms with E-state index in [0.717, 1.165) is 54.4 Å². The molecule has 0 saturated carbocycles. The zero-order valence-electron chi connectivity index (χ0n) is 18.5. The minimum atomic E-state index is -0.209. The lowest BCUT2D eigenvalue weighted by Gasteiger charge is -2.29. The van der Waals surface area contributed by atoms with E-state index in [-0.39, 0.29) is 18.2 Å². The Morgan fingerprint density at radius 1 is 0.938 bits per heavy atom. The van der Waals surface area contributed by atoms with Crippen molar-refractivity contribution in [2.45, 2.75) is 51.4 Å². The normalized spacial score (nSPS) is 18.8. The highest BCUT2D eigenvalue weighted by Gasteiger charge is 2.22. The molecule has 1 aliphatic heterocycles. The van der Waals surface area contributed by atoms with E-state index in [1.807, 2.05) is 48.5 Å². The molecule has 0 radical (unpaired) electrons. The van der Waals surface area contributed by atoms with Crippen molar-refractivity contribution in [1.82, 2.24) is 0 Å². The molecule has 1 saturated heterocycles. The second kappa shape index (κ2) is 11.2. The van der Waals surface area contributed by atoms with Crippen molar-refractivity contribution in [1.29, 1.82) is 0 Å². The van der Waals surface area contributed by atoms with Gasteiger partial charge >= 0.3 is 0 Å². The van der Waals surface area contributed by atoms with Crippen molar-refractivity contribution >= 4 is 22.4 Å². The van der Waals surface area contributed by atoms with Crippen molar-refractivity contribution in [3.05, 3.63) is 82.1 Å². The van der Waals surface area contributed by atoms with Gasteiger partial charge in [0, 0.05) is 23.4 Å². The van der Waals surface area contributed by atoms with Gasteiger partial charge in [-0.05, 0) is 59.9 Å². The molecule has 1 aliphatic rings. The van der Waals surface area contributed by atoms with Gasteiger partial charge in [-0.25, -0.2) is 4.39 Å². The summed E-state index contributed by atoms with van der Waals surface area (Å²) in [5.41, 5.74) is 3.05. The van der Waals surface area contributed by atoms with Crippen molar-refractivity contribution in [2.24, 2.45) is 0 Å². The van der Waals surface area contributed by atoms with E-state index in [1.54, 1.807) is 0 Å². The van der Waals surface area contributed by atoms with Crippen LogP contribution in [0.4, 0.5) is 4.39 Å². The van der Waals surface area contributed by atoms with Gasteiger partial charge in [0.05, 0.1) is 13.2 Å². The lowest BCUT2D eigenvalue weighted by Crippen LogP contribution is -2.37. The van der Waals surface area contributed by atoms with E-state index in [1.165, 1.54) is 0 Å². The molecule has 4 rings (SSSR count). The molecule has 0 spiro atoms. The molecule has 0 aromatic heterocycles. The van der Waals surface area contributed by atoms with Crippen LogP contribution in [0.1, 0.15) is 36.5 Å². The molecule has 3 aromatic carbocycles. The number of hydrogen-bond donors (Lipinski definition) is 0. The fraction of sp³-hybridized carbons (Fsp3) is 0.407. The molecule has 0 unspecified atom stereocenters. The van der Waals surface area contributed by atoms with Crippen molar-refractivity contribution in [3.8, 4) is 0 Å². The first-order valence-electron chi connectivity index (χ1n) is 11.4. The second-order valence-electron chi connectivity index (χ2n) is 8.35. The van der Waals surface area contributed by atoms with Gasteiger partial charge in [0.15, 0.2) is 6.29 Å². The third-order valence-electron chi connectivity index (χ3n) is 5.86. The van der Waals surface area contributed by atoms with E-state index in [0.29, 0.717) is 30.0 Å². The van der Waals surface area contributed by atoms with Crippen LogP contribution in [0.2, 0.25) is 5.02 Å². The quantitative estimate of drug-likeness (QED) is 0.367. The smallest absolute Gasteiger partial charge is 0.158 e. The molecule has 1 fully saturated rings. The minimum Gasteiger partial charge on any atom is -0.373 e. The summed E-state index contributed by atoms with van der Waals surface area (Å²) in [5.74, 6) is -0.125. The number of hydrogen-bond acceptors (Lipinski definition) is 3. The molecule has 0 aliphatic carbocycles. The Hall–Kier alpha value is -1.98. The number of fused-ring (bicyclic) bond motifs is 1. The first-order chi connectivity index (χ1) is 15.6. The molecular formula is C27H30ClFO3. The first kappa shape index (κ1) is 23.2. The summed E-state index contributed by atoms with van der Waals surface area (Å²) in [7, 11) is 0. The highest BCUT2D eigenvalue weighted by Crippen LogP contribution is 2.25. The average molecular weight is 457 g/mol. The van der Waals surface area contributed by atoms with Crippen molar-refractivity contribution < 1.29 is 18.6 Å². The molecule has 1 heterocycles. The van der Waals surface area contributed by atoms with Crippen LogP contribution in [0, 0.1) is 5.82 Å². The van der Waals surface area contributed by atoms with Crippen LogP contribution in [0.3, 0.4) is 0 Å². The lowest BCUT2D eigenvalue weighted by molar-refractivity contribution is -0.227. The largest absolute Gasteiger partial charge is 0.373 e. The predicted molar refractivity (Wildman–Crippen MR) is 127 cm³/mol. The number of rotatable bonds is 9. The Balaban J connectivity index is 1.33. The lowest BCUT2D eigenvalue weighted by atomic mass is 9.98. The first-order valence-corrected chi connectivity index (χ1v) is 11.8. The van der Waals surface area contributed by atoms with Crippen LogP contribution < -0.4 is 0 Å². The molecule has 170 valence electrons. The van der Waals surface area contributed by atoms with Gasteiger partial charge in [0.1, 0.15) is 11.9 Å². The topological polar surface area (TPSA) is 27.7 Å². The Kier molecular flexibility index (Phi) is 8.15. The van der Waals surface area contributed by atoms with Crippen LogP contribution in [0.15, 0.2) is 54.6 Å². The highest BCUT2D eigenvalue weighted by molar-refractivity contribution is 6.30. The zero-order valence-corrected chi connectivity index (χ0v) is 19.2. The molecule has 0 N–H and O–H groups in total. The maximum atomic E-state index is 15.1. The van der Waals surface area contributed by atoms with Crippen molar-refractivity contribution in [2.75, 3.05) is 19.8 Å². The molecule has 32 heavy (non-hydrogen) atoms. The fourth-order valence-corrected chi connectivity index (χ4v) is 4.15. The summed E-state index contributed by atoms with van der Waals surface area (Å²) >= 11 is 5.94. The van der Waals surface area contributed by atoms with Crippen LogP contribution in [0.25, 0.3) is 10.8 Å². The molecule has 0 atom stereocenters. The number of halogens is 2. The van der Waals surface area contributed by atoms with Crippen LogP contribution >= 0.6 is 11.6 Å². The summed E-state index contributed by atoms with van der Waals surface area (Å²) in [5, 5.41) is 2.31. The summed E-state index contributed by atoms with van der Waals surface area (Å²) in [6.45, 7) is 3.97. The third-order valence-corrected chi connectivity index (χ3v) is 6.11. The molecule has 3 aromatic rings. The van der Waals surface area contributed by atoms with Gasteiger partial charge in [-0.15, -0.1) is 0 Å². The van der Waals surface area contributed by atoms with Gasteiger partial charge < -0.3 is 14.2 Å². The number of aryl methyl sites for hydroxylation is 3. The van der Waals surface area contributed by atoms with E-state index < -0.39 is 0 Å². The Morgan fingerprint density at radius 2 is 1.69 bits per heavy atom. The molecule has 5 heteroatoms. The summed E-state index contributed by atoms with van der Waals surface area (Å²) < 4.78 is 32.3. The summed E-state index contributed by atoms with van der Waals surface area (Å²) in [6.07, 6.45) is 3.84. The molecule has 3 nitrogen and oxygen atoms in total. The van der Waals surface area contributed by atoms with Gasteiger partial charge in [-0.1, -0.05) is 61.0 Å². The van der Waals surface area contributed by atoms with Crippen LogP contribution in [-0.4, -0.2) is 32.2 Å².